The summed E-state index contributed by atoms with van der Waals surface area (Å²) in [6, 6.07) is 8.45. The number of carbonyl (C=O) groups excluding carboxylic acids is 1. The van der Waals surface area contributed by atoms with Gasteiger partial charge in [-0.2, -0.15) is 0 Å². The minimum absolute atomic E-state index is 0.0156. The molecule has 0 spiro atoms. The van der Waals surface area contributed by atoms with Crippen LogP contribution in [0.2, 0.25) is 0 Å². The molecule has 0 fully saturated rings. The quantitative estimate of drug-likeness (QED) is 0.450. The molecule has 0 saturated heterocycles. The molecule has 0 aliphatic carbocycles. The van der Waals surface area contributed by atoms with E-state index in [2.05, 4.69) is 10.5 Å². The highest BCUT2D eigenvalue weighted by atomic mass is 32.2. The van der Waals surface area contributed by atoms with Crippen molar-refractivity contribution in [1.29, 1.82) is 0 Å². The summed E-state index contributed by atoms with van der Waals surface area (Å²) < 4.78 is 40.5. The first-order chi connectivity index (χ1) is 12.5. The molecule has 0 atom stereocenters. The normalized spacial score (nSPS) is 12.5. The van der Waals surface area contributed by atoms with Crippen LogP contribution in [-0.2, 0) is 14.6 Å². The lowest BCUT2D eigenvalue weighted by Gasteiger charge is -2.18. The van der Waals surface area contributed by atoms with Crippen LogP contribution in [0.15, 0.2) is 55.9 Å². The SMILES string of the molecule is COc1ccc(S(=O)(=O)c2ccc(C(N)=NNC(=O)OC(C)(C)C)o2)cc1. The highest BCUT2D eigenvalue weighted by Crippen LogP contribution is 2.24. The molecule has 10 heteroatoms. The van der Waals surface area contributed by atoms with Crippen LogP contribution < -0.4 is 15.9 Å². The second-order valence-corrected chi connectivity index (χ2v) is 8.29. The van der Waals surface area contributed by atoms with Gasteiger partial charge < -0.3 is 19.6 Å². The van der Waals surface area contributed by atoms with Gasteiger partial charge in [-0.05, 0) is 57.2 Å². The van der Waals surface area contributed by atoms with Crippen molar-refractivity contribution in [2.24, 2.45) is 10.8 Å². The average molecular weight is 395 g/mol. The lowest BCUT2D eigenvalue weighted by Crippen LogP contribution is -2.31. The second-order valence-electron chi connectivity index (χ2n) is 6.41. The zero-order valence-corrected chi connectivity index (χ0v) is 16.2. The Morgan fingerprint density at radius 3 is 2.33 bits per heavy atom. The van der Waals surface area contributed by atoms with Crippen molar-refractivity contribution in [3.63, 3.8) is 0 Å². The van der Waals surface area contributed by atoms with Gasteiger partial charge in [0, 0.05) is 0 Å². The summed E-state index contributed by atoms with van der Waals surface area (Å²) in [7, 11) is -2.39. The maximum Gasteiger partial charge on any atom is 0.428 e. The number of hydrazone groups is 1. The van der Waals surface area contributed by atoms with E-state index in [0.29, 0.717) is 5.75 Å². The molecule has 1 aromatic heterocycles. The van der Waals surface area contributed by atoms with Gasteiger partial charge in [0.05, 0.1) is 12.0 Å². The predicted molar refractivity (Wildman–Crippen MR) is 97.2 cm³/mol. The Morgan fingerprint density at radius 2 is 1.78 bits per heavy atom. The summed E-state index contributed by atoms with van der Waals surface area (Å²) >= 11 is 0. The number of amides is 1. The third kappa shape index (κ3) is 5.23. The Morgan fingerprint density at radius 1 is 1.15 bits per heavy atom. The number of carbonyl (C=O) groups is 1. The van der Waals surface area contributed by atoms with Crippen LogP contribution in [0.1, 0.15) is 26.5 Å². The molecule has 0 radical (unpaired) electrons. The molecule has 9 nitrogen and oxygen atoms in total. The molecule has 1 heterocycles. The van der Waals surface area contributed by atoms with Crippen molar-refractivity contribution in [1.82, 2.24) is 5.43 Å². The summed E-state index contributed by atoms with van der Waals surface area (Å²) in [5.41, 5.74) is 7.13. The lowest BCUT2D eigenvalue weighted by atomic mass is 10.2. The molecule has 0 unspecified atom stereocenters. The molecule has 0 aliphatic rings. The maximum atomic E-state index is 12.6. The number of methoxy groups -OCH3 is 1. The number of nitrogens with one attached hydrogen (secondary N) is 1. The number of rotatable bonds is 5. The van der Waals surface area contributed by atoms with Crippen LogP contribution in [-0.4, -0.2) is 33.1 Å². The van der Waals surface area contributed by atoms with E-state index in [1.807, 2.05) is 0 Å². The number of hydrogen-bond acceptors (Lipinski definition) is 7. The molecule has 2 rings (SSSR count). The van der Waals surface area contributed by atoms with Crippen molar-refractivity contribution < 1.29 is 27.1 Å². The predicted octanol–water partition coefficient (Wildman–Crippen LogP) is 2.27. The van der Waals surface area contributed by atoms with Crippen LogP contribution in [0.3, 0.4) is 0 Å². The highest BCUT2D eigenvalue weighted by Gasteiger charge is 2.23. The summed E-state index contributed by atoms with van der Waals surface area (Å²) in [6.07, 6.45) is -0.803. The third-order valence-corrected chi connectivity index (χ3v) is 4.78. The number of nitrogens with two attached hydrogens (primary N) is 1. The van der Waals surface area contributed by atoms with Gasteiger partial charge >= 0.3 is 6.09 Å². The standard InChI is InChI=1S/C17H21N3O6S/c1-17(2,3)26-16(21)20-19-15(18)13-9-10-14(25-13)27(22,23)12-7-5-11(24-4)6-8-12/h5-10H,1-4H3,(H2,18,19)(H,20,21). The van der Waals surface area contributed by atoms with E-state index in [9.17, 15) is 13.2 Å². The van der Waals surface area contributed by atoms with Gasteiger partial charge in [0.2, 0.25) is 14.9 Å². The average Bonchev–Trinajstić information content (AvgIpc) is 3.09. The van der Waals surface area contributed by atoms with Gasteiger partial charge in [-0.25, -0.2) is 18.6 Å². The Hall–Kier alpha value is -3.01. The van der Waals surface area contributed by atoms with E-state index in [0.717, 1.165) is 0 Å². The lowest BCUT2D eigenvalue weighted by molar-refractivity contribution is 0.0529. The fourth-order valence-corrected chi connectivity index (χ4v) is 3.11. The fourth-order valence-electron chi connectivity index (χ4n) is 1.94. The van der Waals surface area contributed by atoms with Crippen molar-refractivity contribution in [3.05, 3.63) is 42.2 Å². The van der Waals surface area contributed by atoms with E-state index < -0.39 is 21.5 Å². The van der Waals surface area contributed by atoms with E-state index in [1.54, 1.807) is 20.8 Å². The first kappa shape index (κ1) is 20.3. The number of hydrogen-bond donors (Lipinski definition) is 2. The number of sulfone groups is 1. The van der Waals surface area contributed by atoms with Crippen LogP contribution >= 0.6 is 0 Å². The van der Waals surface area contributed by atoms with Crippen molar-refractivity contribution in [2.45, 2.75) is 36.4 Å². The number of ether oxygens (including phenoxy) is 2. The Kier molecular flexibility index (Phi) is 5.79. The molecular formula is C17H21N3O6S. The maximum absolute atomic E-state index is 12.6. The molecule has 0 bridgehead atoms. The van der Waals surface area contributed by atoms with E-state index in [4.69, 9.17) is 19.6 Å². The fraction of sp³-hybridized carbons (Fsp3) is 0.294. The molecule has 3 N–H and O–H groups in total. The number of benzene rings is 1. The summed E-state index contributed by atoms with van der Waals surface area (Å²) in [4.78, 5) is 11.6. The van der Waals surface area contributed by atoms with Gasteiger partial charge in [-0.15, -0.1) is 5.10 Å². The van der Waals surface area contributed by atoms with Gasteiger partial charge in [0.15, 0.2) is 11.6 Å². The summed E-state index contributed by atoms with van der Waals surface area (Å²) in [5, 5.41) is 3.33. The van der Waals surface area contributed by atoms with Crippen molar-refractivity contribution >= 4 is 21.8 Å². The number of nitrogens with zero attached hydrogens (tertiary/aromatic N) is 1. The van der Waals surface area contributed by atoms with E-state index >= 15 is 0 Å². The zero-order valence-electron chi connectivity index (χ0n) is 15.3. The minimum Gasteiger partial charge on any atom is -0.497 e. The van der Waals surface area contributed by atoms with Crippen LogP contribution in [0, 0.1) is 0 Å². The monoisotopic (exact) mass is 395 g/mol. The second kappa shape index (κ2) is 7.70. The number of amidine groups is 1. The smallest absolute Gasteiger partial charge is 0.428 e. The van der Waals surface area contributed by atoms with Crippen LogP contribution in [0.4, 0.5) is 4.79 Å². The van der Waals surface area contributed by atoms with Gasteiger partial charge in [0.1, 0.15) is 11.4 Å². The summed E-state index contributed by atoms with van der Waals surface area (Å²) in [6.45, 7) is 5.09. The molecule has 1 amide bonds. The topological polar surface area (TPSA) is 133 Å². The third-order valence-electron chi connectivity index (χ3n) is 3.13. The molecule has 146 valence electrons. The van der Waals surface area contributed by atoms with Gasteiger partial charge in [-0.1, -0.05) is 0 Å². The Bertz CT molecular complexity index is 940. The molecular weight excluding hydrogens is 374 g/mol. The minimum atomic E-state index is -3.88. The first-order valence-electron chi connectivity index (χ1n) is 7.84. The number of furan rings is 1. The molecule has 0 aliphatic heterocycles. The highest BCUT2D eigenvalue weighted by molar-refractivity contribution is 7.91. The molecule has 2 aromatic rings. The van der Waals surface area contributed by atoms with Crippen molar-refractivity contribution in [3.8, 4) is 5.75 Å². The molecule has 27 heavy (non-hydrogen) atoms. The summed E-state index contributed by atoms with van der Waals surface area (Å²) in [5.74, 6) is 0.300. The van der Waals surface area contributed by atoms with E-state index in [-0.39, 0.29) is 21.6 Å². The largest absolute Gasteiger partial charge is 0.497 e. The molecule has 1 aromatic carbocycles. The van der Waals surface area contributed by atoms with Crippen LogP contribution in [0.5, 0.6) is 5.75 Å². The van der Waals surface area contributed by atoms with Crippen molar-refractivity contribution in [2.75, 3.05) is 7.11 Å². The Labute approximate surface area is 157 Å². The van der Waals surface area contributed by atoms with E-state index in [1.165, 1.54) is 43.5 Å². The van der Waals surface area contributed by atoms with Gasteiger partial charge in [-0.3, -0.25) is 0 Å². The van der Waals surface area contributed by atoms with Gasteiger partial charge in [0.25, 0.3) is 0 Å². The van der Waals surface area contributed by atoms with Crippen LogP contribution in [0.25, 0.3) is 0 Å². The first-order valence-corrected chi connectivity index (χ1v) is 9.33. The molecule has 0 saturated carbocycles. The Balaban J connectivity index is 2.17. The zero-order chi connectivity index (χ0) is 20.2.